The van der Waals surface area contributed by atoms with Crippen LogP contribution in [0.15, 0.2) is 53.4 Å². The summed E-state index contributed by atoms with van der Waals surface area (Å²) in [5.74, 6) is 0.0428. The smallest absolute Gasteiger partial charge is 0.265 e. The molecule has 0 aliphatic heterocycles. The lowest BCUT2D eigenvalue weighted by molar-refractivity contribution is -0.122. The van der Waals surface area contributed by atoms with Gasteiger partial charge < -0.3 is 10.1 Å². The van der Waals surface area contributed by atoms with Crippen LogP contribution in [-0.2, 0) is 14.8 Å². The normalized spacial score (nSPS) is 12.2. The van der Waals surface area contributed by atoms with Crippen LogP contribution in [0.2, 0.25) is 0 Å². The number of benzene rings is 2. The molecule has 0 saturated heterocycles. The Bertz CT molecular complexity index is 962. The van der Waals surface area contributed by atoms with Gasteiger partial charge in [-0.25, -0.2) is 8.42 Å². The summed E-state index contributed by atoms with van der Waals surface area (Å²) in [6.45, 7) is 5.86. The largest absolute Gasteiger partial charge is 0.481 e. The molecule has 0 bridgehead atoms. The van der Waals surface area contributed by atoms with Gasteiger partial charge in [0.2, 0.25) is 10.0 Å². The Hall–Kier alpha value is -2.89. The average Bonchev–Trinajstić information content (AvgIpc) is 2.69. The molecule has 0 spiro atoms. The van der Waals surface area contributed by atoms with E-state index in [1.54, 1.807) is 57.2 Å². The third kappa shape index (κ3) is 5.09. The first-order valence-electron chi connectivity index (χ1n) is 8.89. The minimum absolute atomic E-state index is 0.120. The molecule has 7 nitrogen and oxygen atoms in total. The van der Waals surface area contributed by atoms with Gasteiger partial charge in [0.15, 0.2) is 6.10 Å². The van der Waals surface area contributed by atoms with Crippen LogP contribution >= 0.6 is 0 Å². The molecule has 2 aromatic rings. The molecule has 0 aromatic heterocycles. The second-order valence-corrected chi connectivity index (χ2v) is 7.94. The second kappa shape index (κ2) is 9.35. The van der Waals surface area contributed by atoms with Crippen molar-refractivity contribution in [1.82, 2.24) is 4.31 Å². The zero-order chi connectivity index (χ0) is 20.7. The molecule has 2 aromatic carbocycles. The molecule has 0 fully saturated rings. The van der Waals surface area contributed by atoms with Gasteiger partial charge in [-0.2, -0.15) is 9.57 Å². The van der Waals surface area contributed by atoms with E-state index in [2.05, 4.69) is 5.32 Å². The van der Waals surface area contributed by atoms with Gasteiger partial charge in [0.1, 0.15) is 5.75 Å². The number of ether oxygens (including phenoxy) is 1. The van der Waals surface area contributed by atoms with E-state index < -0.39 is 22.0 Å². The Kier molecular flexibility index (Phi) is 7.15. The quantitative estimate of drug-likeness (QED) is 0.733. The van der Waals surface area contributed by atoms with Crippen molar-refractivity contribution in [3.05, 3.63) is 54.1 Å². The van der Waals surface area contributed by atoms with Crippen LogP contribution in [0.4, 0.5) is 5.69 Å². The Morgan fingerprint density at radius 1 is 1.18 bits per heavy atom. The molecule has 0 heterocycles. The van der Waals surface area contributed by atoms with Gasteiger partial charge in [0, 0.05) is 18.8 Å². The molecule has 1 unspecified atom stereocenters. The summed E-state index contributed by atoms with van der Waals surface area (Å²) < 4.78 is 32.2. The first kappa shape index (κ1) is 21.4. The number of carbonyl (C=O) groups is 1. The summed E-state index contributed by atoms with van der Waals surface area (Å²) in [6, 6.07) is 14.6. The number of nitrogens with one attached hydrogen (secondary N) is 1. The minimum atomic E-state index is -3.61. The van der Waals surface area contributed by atoms with E-state index in [4.69, 9.17) is 10.00 Å². The number of rotatable bonds is 8. The average molecular weight is 401 g/mol. The molecule has 0 saturated carbocycles. The van der Waals surface area contributed by atoms with Crippen molar-refractivity contribution >= 4 is 21.6 Å². The van der Waals surface area contributed by atoms with Crippen LogP contribution in [0.1, 0.15) is 26.3 Å². The monoisotopic (exact) mass is 401 g/mol. The first-order valence-corrected chi connectivity index (χ1v) is 10.3. The van der Waals surface area contributed by atoms with Crippen molar-refractivity contribution in [2.45, 2.75) is 31.8 Å². The van der Waals surface area contributed by atoms with E-state index in [9.17, 15) is 13.2 Å². The van der Waals surface area contributed by atoms with E-state index in [1.807, 2.05) is 6.07 Å². The standard InChI is InChI=1S/C20H23N3O4S/c1-4-23(5-2)28(25,26)19-8-6-7-17(13-19)22-20(24)15(3)27-18-11-9-16(14-21)10-12-18/h6-13,15H,4-5H2,1-3H3,(H,22,24). The first-order chi connectivity index (χ1) is 13.3. The highest BCUT2D eigenvalue weighted by Crippen LogP contribution is 2.20. The van der Waals surface area contributed by atoms with Gasteiger partial charge in [-0.1, -0.05) is 19.9 Å². The van der Waals surface area contributed by atoms with Crippen molar-refractivity contribution in [1.29, 1.82) is 5.26 Å². The molecule has 2 rings (SSSR count). The highest BCUT2D eigenvalue weighted by Gasteiger charge is 2.22. The number of sulfonamides is 1. The fourth-order valence-corrected chi connectivity index (χ4v) is 4.06. The third-order valence-electron chi connectivity index (χ3n) is 4.11. The zero-order valence-electron chi connectivity index (χ0n) is 16.0. The minimum Gasteiger partial charge on any atom is -0.481 e. The Morgan fingerprint density at radius 2 is 1.82 bits per heavy atom. The fourth-order valence-electron chi connectivity index (χ4n) is 2.56. The van der Waals surface area contributed by atoms with E-state index >= 15 is 0 Å². The number of hydrogen-bond donors (Lipinski definition) is 1. The lowest BCUT2D eigenvalue weighted by Crippen LogP contribution is -2.31. The van der Waals surface area contributed by atoms with Crippen LogP contribution in [0.25, 0.3) is 0 Å². The topological polar surface area (TPSA) is 99.5 Å². The maximum Gasteiger partial charge on any atom is 0.265 e. The summed E-state index contributed by atoms with van der Waals surface area (Å²) in [5, 5.41) is 11.5. The van der Waals surface area contributed by atoms with Gasteiger partial charge in [-0.3, -0.25) is 4.79 Å². The third-order valence-corrected chi connectivity index (χ3v) is 6.16. The Labute approximate surface area is 165 Å². The summed E-state index contributed by atoms with van der Waals surface area (Å²) in [6.07, 6.45) is -0.809. The van der Waals surface area contributed by atoms with E-state index in [0.29, 0.717) is 30.1 Å². The highest BCUT2D eigenvalue weighted by molar-refractivity contribution is 7.89. The van der Waals surface area contributed by atoms with Gasteiger partial charge in [0.25, 0.3) is 5.91 Å². The molecule has 0 radical (unpaired) electrons. The molecular formula is C20H23N3O4S. The molecular weight excluding hydrogens is 378 g/mol. The maximum absolute atomic E-state index is 12.6. The zero-order valence-corrected chi connectivity index (χ0v) is 16.9. The number of hydrogen-bond acceptors (Lipinski definition) is 5. The number of nitrogens with zero attached hydrogens (tertiary/aromatic N) is 2. The van der Waals surface area contributed by atoms with Crippen LogP contribution in [0.5, 0.6) is 5.75 Å². The predicted octanol–water partition coefficient (Wildman–Crippen LogP) is 2.99. The lowest BCUT2D eigenvalue weighted by atomic mass is 10.2. The van der Waals surface area contributed by atoms with Crippen molar-refractivity contribution in [2.24, 2.45) is 0 Å². The summed E-state index contributed by atoms with van der Waals surface area (Å²) >= 11 is 0. The molecule has 8 heteroatoms. The fraction of sp³-hybridized carbons (Fsp3) is 0.300. The maximum atomic E-state index is 12.6. The summed E-state index contributed by atoms with van der Waals surface area (Å²) in [7, 11) is -3.61. The van der Waals surface area contributed by atoms with E-state index in [1.165, 1.54) is 16.4 Å². The molecule has 28 heavy (non-hydrogen) atoms. The highest BCUT2D eigenvalue weighted by atomic mass is 32.2. The Morgan fingerprint density at radius 3 is 2.39 bits per heavy atom. The molecule has 148 valence electrons. The number of nitriles is 1. The van der Waals surface area contributed by atoms with Crippen LogP contribution in [0.3, 0.4) is 0 Å². The molecule has 0 aliphatic rings. The van der Waals surface area contributed by atoms with E-state index in [-0.39, 0.29) is 4.90 Å². The number of carbonyl (C=O) groups excluding carboxylic acids is 1. The van der Waals surface area contributed by atoms with Crippen LogP contribution in [0, 0.1) is 11.3 Å². The van der Waals surface area contributed by atoms with Gasteiger partial charge in [-0.05, 0) is 49.4 Å². The number of anilines is 1. The van der Waals surface area contributed by atoms with Crippen LogP contribution in [-0.4, -0.2) is 37.8 Å². The van der Waals surface area contributed by atoms with Crippen molar-refractivity contribution in [3.8, 4) is 11.8 Å². The molecule has 1 amide bonds. The van der Waals surface area contributed by atoms with Crippen molar-refractivity contribution in [2.75, 3.05) is 18.4 Å². The Balaban J connectivity index is 2.10. The molecule has 1 N–H and O–H groups in total. The van der Waals surface area contributed by atoms with Gasteiger partial charge in [0.05, 0.1) is 16.5 Å². The van der Waals surface area contributed by atoms with Crippen LogP contribution < -0.4 is 10.1 Å². The number of amides is 1. The molecule has 0 aliphatic carbocycles. The van der Waals surface area contributed by atoms with E-state index in [0.717, 1.165) is 0 Å². The van der Waals surface area contributed by atoms with Crippen molar-refractivity contribution in [3.63, 3.8) is 0 Å². The second-order valence-electron chi connectivity index (χ2n) is 6.00. The SMILES string of the molecule is CCN(CC)S(=O)(=O)c1cccc(NC(=O)C(C)Oc2ccc(C#N)cc2)c1. The van der Waals surface area contributed by atoms with Gasteiger partial charge in [-0.15, -0.1) is 0 Å². The predicted molar refractivity (Wildman–Crippen MR) is 106 cm³/mol. The molecule has 1 atom stereocenters. The summed E-state index contributed by atoms with van der Waals surface area (Å²) in [5.41, 5.74) is 0.865. The lowest BCUT2D eigenvalue weighted by Gasteiger charge is -2.19. The summed E-state index contributed by atoms with van der Waals surface area (Å²) in [4.78, 5) is 12.5. The van der Waals surface area contributed by atoms with Crippen molar-refractivity contribution < 1.29 is 17.9 Å². The van der Waals surface area contributed by atoms with Gasteiger partial charge >= 0.3 is 0 Å².